The van der Waals surface area contributed by atoms with E-state index in [9.17, 15) is 9.18 Å². The van der Waals surface area contributed by atoms with Crippen molar-refractivity contribution in [1.29, 1.82) is 0 Å². The van der Waals surface area contributed by atoms with Crippen molar-refractivity contribution in [3.05, 3.63) is 70.5 Å². The first kappa shape index (κ1) is 18.3. The Hall–Kier alpha value is -3.07. The van der Waals surface area contributed by atoms with Crippen molar-refractivity contribution in [2.24, 2.45) is 0 Å². The van der Waals surface area contributed by atoms with E-state index >= 15 is 0 Å². The summed E-state index contributed by atoms with van der Waals surface area (Å²) in [6.45, 7) is 2.74. The lowest BCUT2D eigenvalue weighted by Gasteiger charge is -2.13. The van der Waals surface area contributed by atoms with Gasteiger partial charge in [0.2, 0.25) is 0 Å². The molecule has 0 bridgehead atoms. The highest BCUT2D eigenvalue weighted by Crippen LogP contribution is 2.25. The van der Waals surface area contributed by atoms with Crippen LogP contribution in [0.1, 0.15) is 19.2 Å². The lowest BCUT2D eigenvalue weighted by Crippen LogP contribution is -2.22. The van der Waals surface area contributed by atoms with E-state index in [0.29, 0.717) is 34.2 Å². The summed E-state index contributed by atoms with van der Waals surface area (Å²) in [4.78, 5) is 17.7. The van der Waals surface area contributed by atoms with Gasteiger partial charge in [0.05, 0.1) is 22.3 Å². The van der Waals surface area contributed by atoms with Gasteiger partial charge in [-0.3, -0.25) is 9.36 Å². The van der Waals surface area contributed by atoms with Gasteiger partial charge in [0.25, 0.3) is 5.56 Å². The smallest absolute Gasteiger partial charge is 0.266 e. The second-order valence-corrected chi connectivity index (χ2v) is 7.05. The molecule has 0 aliphatic carbocycles. The van der Waals surface area contributed by atoms with Crippen LogP contribution in [0.2, 0.25) is 0 Å². The third-order valence-corrected chi connectivity index (χ3v) is 5.14. The number of thioether (sulfide) groups is 1. The van der Waals surface area contributed by atoms with E-state index in [1.807, 2.05) is 13.0 Å². The minimum Gasteiger partial charge on any atom is -0.268 e. The van der Waals surface area contributed by atoms with Crippen molar-refractivity contribution in [3.63, 3.8) is 0 Å². The van der Waals surface area contributed by atoms with Crippen molar-refractivity contribution in [2.45, 2.75) is 30.8 Å². The van der Waals surface area contributed by atoms with Crippen molar-refractivity contribution >= 4 is 22.7 Å². The molecule has 0 spiro atoms. The van der Waals surface area contributed by atoms with E-state index in [1.165, 1.54) is 22.4 Å². The predicted molar refractivity (Wildman–Crippen MR) is 105 cm³/mol. The number of halogens is 1. The lowest BCUT2D eigenvalue weighted by atomic mass is 10.2. The molecule has 0 unspecified atom stereocenters. The van der Waals surface area contributed by atoms with Crippen LogP contribution < -0.4 is 5.56 Å². The second-order valence-electron chi connectivity index (χ2n) is 6.11. The lowest BCUT2D eigenvalue weighted by molar-refractivity contribution is 0.564. The third kappa shape index (κ3) is 3.40. The summed E-state index contributed by atoms with van der Waals surface area (Å²) >= 11 is 1.30. The van der Waals surface area contributed by atoms with E-state index < -0.39 is 5.82 Å². The molecule has 4 aromatic rings. The molecular formula is C19H17FN6OS. The number of hydrogen-bond acceptors (Lipinski definition) is 6. The zero-order valence-electron chi connectivity index (χ0n) is 15.1. The van der Waals surface area contributed by atoms with Crippen LogP contribution in [0.4, 0.5) is 4.39 Å². The number of benzene rings is 2. The van der Waals surface area contributed by atoms with E-state index in [2.05, 4.69) is 20.5 Å². The zero-order chi connectivity index (χ0) is 19.5. The Balaban J connectivity index is 1.82. The predicted octanol–water partition coefficient (Wildman–Crippen LogP) is 3.21. The molecule has 4 rings (SSSR count). The van der Waals surface area contributed by atoms with Crippen LogP contribution in [-0.4, -0.2) is 29.8 Å². The fraction of sp³-hybridized carbons (Fsp3) is 0.211. The summed E-state index contributed by atoms with van der Waals surface area (Å²) in [5.41, 5.74) is 0.420. The second kappa shape index (κ2) is 7.89. The van der Waals surface area contributed by atoms with Gasteiger partial charge in [0.15, 0.2) is 11.0 Å². The zero-order valence-corrected chi connectivity index (χ0v) is 15.9. The molecule has 0 atom stereocenters. The first-order chi connectivity index (χ1) is 13.7. The van der Waals surface area contributed by atoms with E-state index in [-0.39, 0.29) is 11.2 Å². The first-order valence-corrected chi connectivity index (χ1v) is 9.82. The Labute approximate surface area is 164 Å². The molecule has 0 aliphatic heterocycles. The van der Waals surface area contributed by atoms with Gasteiger partial charge in [-0.1, -0.05) is 43.0 Å². The maximum atomic E-state index is 14.5. The van der Waals surface area contributed by atoms with Crippen molar-refractivity contribution in [1.82, 2.24) is 29.8 Å². The summed E-state index contributed by atoms with van der Waals surface area (Å²) in [5.74, 6) is 0.598. The molecule has 2 aromatic heterocycles. The fourth-order valence-electron chi connectivity index (χ4n) is 2.90. The van der Waals surface area contributed by atoms with Gasteiger partial charge in [-0.05, 0) is 41.1 Å². The molecule has 0 fully saturated rings. The average Bonchev–Trinajstić information content (AvgIpc) is 3.15. The van der Waals surface area contributed by atoms with E-state index in [1.54, 1.807) is 41.1 Å². The quantitative estimate of drug-likeness (QED) is 0.368. The molecule has 0 saturated carbocycles. The minimum atomic E-state index is -0.487. The maximum absolute atomic E-state index is 14.5. The molecule has 9 heteroatoms. The maximum Gasteiger partial charge on any atom is 0.266 e. The summed E-state index contributed by atoms with van der Waals surface area (Å²) < 4.78 is 17.5. The number of aryl methyl sites for hydroxylation is 1. The first-order valence-electron chi connectivity index (χ1n) is 8.83. The number of hydrogen-bond donors (Lipinski definition) is 0. The monoisotopic (exact) mass is 396 g/mol. The summed E-state index contributed by atoms with van der Waals surface area (Å²) in [5, 5.41) is 12.6. The number of nitrogens with zero attached hydrogens (tertiary/aromatic N) is 6. The minimum absolute atomic E-state index is 0.168. The van der Waals surface area contributed by atoms with Gasteiger partial charge in [-0.2, -0.15) is 0 Å². The normalized spacial score (nSPS) is 11.2. The van der Waals surface area contributed by atoms with Crippen LogP contribution in [0.3, 0.4) is 0 Å². The number of fused-ring (bicyclic) bond motifs is 1. The average molecular weight is 396 g/mol. The van der Waals surface area contributed by atoms with Gasteiger partial charge in [0, 0.05) is 6.54 Å². The molecule has 0 N–H and O–H groups in total. The fourth-order valence-corrected chi connectivity index (χ4v) is 3.83. The standard InChI is InChI=1S/C19H17FN6OS/c1-2-11-25-17(22-23-24-25)12-28-19-21-15-9-5-3-7-13(15)18(27)26(19)16-10-6-4-8-14(16)20/h3-10H,2,11-12H2,1H3. The molecule has 0 aliphatic rings. The molecule has 142 valence electrons. The Kier molecular flexibility index (Phi) is 5.16. The van der Waals surface area contributed by atoms with Gasteiger partial charge >= 0.3 is 0 Å². The summed E-state index contributed by atoms with van der Waals surface area (Å²) in [6.07, 6.45) is 0.900. The summed E-state index contributed by atoms with van der Waals surface area (Å²) in [7, 11) is 0. The van der Waals surface area contributed by atoms with Crippen LogP contribution in [0, 0.1) is 5.82 Å². The van der Waals surface area contributed by atoms with Crippen molar-refractivity contribution in [2.75, 3.05) is 0 Å². The van der Waals surface area contributed by atoms with E-state index in [0.717, 1.165) is 6.42 Å². The van der Waals surface area contributed by atoms with Crippen LogP contribution >= 0.6 is 11.8 Å². The van der Waals surface area contributed by atoms with Crippen LogP contribution in [0.25, 0.3) is 16.6 Å². The largest absolute Gasteiger partial charge is 0.268 e. The Morgan fingerprint density at radius 1 is 1.11 bits per heavy atom. The van der Waals surface area contributed by atoms with E-state index in [4.69, 9.17) is 0 Å². The molecule has 0 radical (unpaired) electrons. The molecular weight excluding hydrogens is 379 g/mol. The highest BCUT2D eigenvalue weighted by molar-refractivity contribution is 7.98. The number of aromatic nitrogens is 6. The third-order valence-electron chi connectivity index (χ3n) is 4.21. The molecule has 0 amide bonds. The van der Waals surface area contributed by atoms with Crippen LogP contribution in [-0.2, 0) is 12.3 Å². The highest BCUT2D eigenvalue weighted by atomic mass is 32.2. The van der Waals surface area contributed by atoms with Crippen molar-refractivity contribution < 1.29 is 4.39 Å². The van der Waals surface area contributed by atoms with Crippen molar-refractivity contribution in [3.8, 4) is 5.69 Å². The van der Waals surface area contributed by atoms with Gasteiger partial charge < -0.3 is 0 Å². The van der Waals surface area contributed by atoms with Gasteiger partial charge in [0.1, 0.15) is 5.82 Å². The molecule has 7 nitrogen and oxygen atoms in total. The van der Waals surface area contributed by atoms with Crippen LogP contribution in [0.15, 0.2) is 58.5 Å². The highest BCUT2D eigenvalue weighted by Gasteiger charge is 2.17. The SMILES string of the molecule is CCCn1nnnc1CSc1nc2ccccc2c(=O)n1-c1ccccc1F. The van der Waals surface area contributed by atoms with Crippen LogP contribution in [0.5, 0.6) is 0 Å². The molecule has 2 aromatic carbocycles. The Bertz CT molecular complexity index is 1190. The number of para-hydroxylation sites is 2. The topological polar surface area (TPSA) is 78.5 Å². The summed E-state index contributed by atoms with van der Waals surface area (Å²) in [6, 6.07) is 13.2. The number of rotatable bonds is 6. The Morgan fingerprint density at radius 2 is 1.89 bits per heavy atom. The Morgan fingerprint density at radius 3 is 2.71 bits per heavy atom. The molecule has 28 heavy (non-hydrogen) atoms. The molecule has 0 saturated heterocycles. The van der Waals surface area contributed by atoms with Gasteiger partial charge in [-0.25, -0.2) is 14.1 Å². The number of tetrazole rings is 1. The van der Waals surface area contributed by atoms with Gasteiger partial charge in [-0.15, -0.1) is 5.10 Å². The molecule has 2 heterocycles.